The highest BCUT2D eigenvalue weighted by Gasteiger charge is 2.37. The average molecular weight is 233 g/mol. The lowest BCUT2D eigenvalue weighted by Crippen LogP contribution is -2.31. The van der Waals surface area contributed by atoms with Gasteiger partial charge >= 0.3 is 0 Å². The molecule has 2 heterocycles. The van der Waals surface area contributed by atoms with Crippen molar-refractivity contribution in [3.05, 3.63) is 23.3 Å². The summed E-state index contributed by atoms with van der Waals surface area (Å²) in [5.41, 5.74) is 7.13. The van der Waals surface area contributed by atoms with Crippen molar-refractivity contribution in [1.29, 1.82) is 0 Å². The minimum atomic E-state index is 0.144. The van der Waals surface area contributed by atoms with Crippen LogP contribution in [0, 0.1) is 0 Å². The van der Waals surface area contributed by atoms with Crippen molar-refractivity contribution in [3.63, 3.8) is 0 Å². The van der Waals surface area contributed by atoms with Gasteiger partial charge in [0.1, 0.15) is 15.4 Å². The quantitative estimate of drug-likeness (QED) is 0.867. The molecule has 4 heteroatoms. The molecule has 0 aliphatic heterocycles. The van der Waals surface area contributed by atoms with Gasteiger partial charge in [0, 0.05) is 18.2 Å². The lowest BCUT2D eigenvalue weighted by atomic mass is 9.87. The third-order valence-corrected chi connectivity index (χ3v) is 4.80. The number of aromatic nitrogens is 2. The van der Waals surface area contributed by atoms with Gasteiger partial charge in [-0.05, 0) is 25.0 Å². The summed E-state index contributed by atoms with van der Waals surface area (Å²) in [5.74, 6) is 0. The molecule has 0 radical (unpaired) electrons. The van der Waals surface area contributed by atoms with Crippen molar-refractivity contribution in [2.45, 2.75) is 31.1 Å². The summed E-state index contributed by atoms with van der Waals surface area (Å²) in [7, 11) is 0. The zero-order valence-electron chi connectivity index (χ0n) is 9.15. The molecule has 2 aromatic heterocycles. The van der Waals surface area contributed by atoms with Gasteiger partial charge in [0.25, 0.3) is 0 Å². The maximum absolute atomic E-state index is 5.97. The predicted octanol–water partition coefficient (Wildman–Crippen LogP) is 2.46. The second-order valence-electron chi connectivity index (χ2n) is 4.54. The Morgan fingerprint density at radius 3 is 2.88 bits per heavy atom. The summed E-state index contributed by atoms with van der Waals surface area (Å²) in [6, 6.07) is 3.97. The Bertz CT molecular complexity index is 467. The van der Waals surface area contributed by atoms with Crippen LogP contribution in [0.15, 0.2) is 18.3 Å². The molecule has 0 amide bonds. The molecular weight excluding hydrogens is 218 g/mol. The van der Waals surface area contributed by atoms with Crippen molar-refractivity contribution >= 4 is 21.7 Å². The predicted molar refractivity (Wildman–Crippen MR) is 66.6 cm³/mol. The highest BCUT2D eigenvalue weighted by molar-refractivity contribution is 7.18. The SMILES string of the molecule is NCC1(c2nc3cccnc3s2)CCCC1. The highest BCUT2D eigenvalue weighted by Crippen LogP contribution is 2.42. The van der Waals surface area contributed by atoms with Crippen LogP contribution in [-0.2, 0) is 5.41 Å². The van der Waals surface area contributed by atoms with E-state index in [0.29, 0.717) is 6.54 Å². The summed E-state index contributed by atoms with van der Waals surface area (Å²) in [6.45, 7) is 0.715. The molecule has 2 N–H and O–H groups in total. The zero-order valence-corrected chi connectivity index (χ0v) is 9.96. The van der Waals surface area contributed by atoms with Crippen LogP contribution in [0.4, 0.5) is 0 Å². The molecule has 16 heavy (non-hydrogen) atoms. The fourth-order valence-electron chi connectivity index (χ4n) is 2.55. The molecule has 84 valence electrons. The van der Waals surface area contributed by atoms with Gasteiger partial charge in [0.2, 0.25) is 0 Å². The molecule has 0 atom stereocenters. The molecule has 0 saturated heterocycles. The maximum atomic E-state index is 5.97. The second kappa shape index (κ2) is 3.79. The smallest absolute Gasteiger partial charge is 0.143 e. The monoisotopic (exact) mass is 233 g/mol. The number of rotatable bonds is 2. The molecule has 0 spiro atoms. The van der Waals surface area contributed by atoms with Crippen LogP contribution in [-0.4, -0.2) is 16.5 Å². The summed E-state index contributed by atoms with van der Waals surface area (Å²) in [6.07, 6.45) is 6.75. The van der Waals surface area contributed by atoms with E-state index in [1.54, 1.807) is 11.3 Å². The lowest BCUT2D eigenvalue weighted by molar-refractivity contribution is 0.451. The van der Waals surface area contributed by atoms with Crippen LogP contribution >= 0.6 is 11.3 Å². The minimum absolute atomic E-state index is 0.144. The Balaban J connectivity index is 2.10. The van der Waals surface area contributed by atoms with Crippen molar-refractivity contribution in [2.75, 3.05) is 6.54 Å². The Morgan fingerprint density at radius 2 is 2.19 bits per heavy atom. The van der Waals surface area contributed by atoms with Crippen LogP contribution in [0.1, 0.15) is 30.7 Å². The summed E-state index contributed by atoms with van der Waals surface area (Å²) in [5, 5.41) is 1.20. The number of thiazole rings is 1. The molecule has 1 aliphatic carbocycles. The molecule has 0 bridgehead atoms. The van der Waals surface area contributed by atoms with Crippen molar-refractivity contribution in [1.82, 2.24) is 9.97 Å². The van der Waals surface area contributed by atoms with Gasteiger partial charge in [-0.25, -0.2) is 9.97 Å². The Hall–Kier alpha value is -1.00. The Labute approximate surface area is 98.7 Å². The summed E-state index contributed by atoms with van der Waals surface area (Å²) in [4.78, 5) is 10.1. The minimum Gasteiger partial charge on any atom is -0.329 e. The van der Waals surface area contributed by atoms with Gasteiger partial charge in [0.15, 0.2) is 0 Å². The first kappa shape index (κ1) is 10.2. The van der Waals surface area contributed by atoms with Crippen LogP contribution in [0.5, 0.6) is 0 Å². The van der Waals surface area contributed by atoms with E-state index in [0.717, 1.165) is 10.3 Å². The van der Waals surface area contributed by atoms with E-state index in [1.165, 1.54) is 30.7 Å². The standard InChI is InChI=1S/C12H15N3S/c13-8-12(5-1-2-6-12)11-15-9-4-3-7-14-10(9)16-11/h3-4,7H,1-2,5-6,8,13H2. The summed E-state index contributed by atoms with van der Waals surface area (Å²) >= 11 is 1.72. The van der Waals surface area contributed by atoms with Gasteiger partial charge in [-0.3, -0.25) is 0 Å². The molecule has 1 aliphatic rings. The molecule has 3 rings (SSSR count). The molecule has 3 nitrogen and oxygen atoms in total. The van der Waals surface area contributed by atoms with E-state index in [-0.39, 0.29) is 5.41 Å². The molecule has 1 saturated carbocycles. The topological polar surface area (TPSA) is 51.8 Å². The number of fused-ring (bicyclic) bond motifs is 1. The van der Waals surface area contributed by atoms with E-state index in [2.05, 4.69) is 4.98 Å². The van der Waals surface area contributed by atoms with Crippen LogP contribution in [0.25, 0.3) is 10.3 Å². The molecule has 0 aromatic carbocycles. The number of hydrogen-bond acceptors (Lipinski definition) is 4. The number of nitrogens with two attached hydrogens (primary N) is 1. The number of pyridine rings is 1. The average Bonchev–Trinajstić information content (AvgIpc) is 2.96. The molecule has 0 unspecified atom stereocenters. The van der Waals surface area contributed by atoms with E-state index >= 15 is 0 Å². The first-order chi connectivity index (χ1) is 7.84. The van der Waals surface area contributed by atoms with Crippen LogP contribution < -0.4 is 5.73 Å². The normalized spacial score (nSPS) is 19.3. The molecule has 1 fully saturated rings. The largest absolute Gasteiger partial charge is 0.329 e. The van der Waals surface area contributed by atoms with Crippen molar-refractivity contribution in [2.24, 2.45) is 5.73 Å². The van der Waals surface area contributed by atoms with Gasteiger partial charge in [-0.2, -0.15) is 0 Å². The highest BCUT2D eigenvalue weighted by atomic mass is 32.1. The number of hydrogen-bond donors (Lipinski definition) is 1. The first-order valence-corrected chi connectivity index (χ1v) is 6.58. The van der Waals surface area contributed by atoms with Gasteiger partial charge in [-0.15, -0.1) is 0 Å². The van der Waals surface area contributed by atoms with Crippen LogP contribution in [0.2, 0.25) is 0 Å². The van der Waals surface area contributed by atoms with Crippen molar-refractivity contribution in [3.8, 4) is 0 Å². The van der Waals surface area contributed by atoms with Crippen molar-refractivity contribution < 1.29 is 0 Å². The summed E-state index contributed by atoms with van der Waals surface area (Å²) < 4.78 is 0. The lowest BCUT2D eigenvalue weighted by Gasteiger charge is -2.23. The molecular formula is C12H15N3S. The van der Waals surface area contributed by atoms with Crippen LogP contribution in [0.3, 0.4) is 0 Å². The van der Waals surface area contributed by atoms with E-state index < -0.39 is 0 Å². The van der Waals surface area contributed by atoms with E-state index in [1.807, 2.05) is 18.3 Å². The number of nitrogens with zero attached hydrogens (tertiary/aromatic N) is 2. The Kier molecular flexibility index (Phi) is 2.41. The van der Waals surface area contributed by atoms with Gasteiger partial charge in [-0.1, -0.05) is 24.2 Å². The van der Waals surface area contributed by atoms with Gasteiger partial charge < -0.3 is 5.73 Å². The third kappa shape index (κ3) is 1.44. The van der Waals surface area contributed by atoms with E-state index in [9.17, 15) is 0 Å². The second-order valence-corrected chi connectivity index (χ2v) is 5.52. The fourth-order valence-corrected chi connectivity index (χ4v) is 3.72. The maximum Gasteiger partial charge on any atom is 0.143 e. The zero-order chi connectivity index (χ0) is 11.0. The Morgan fingerprint density at radius 1 is 1.38 bits per heavy atom. The first-order valence-electron chi connectivity index (χ1n) is 5.76. The van der Waals surface area contributed by atoms with Gasteiger partial charge in [0.05, 0.1) is 0 Å². The molecule has 2 aromatic rings. The third-order valence-electron chi connectivity index (χ3n) is 3.57. The van der Waals surface area contributed by atoms with E-state index in [4.69, 9.17) is 10.7 Å². The fraction of sp³-hybridized carbons (Fsp3) is 0.500.